The summed E-state index contributed by atoms with van der Waals surface area (Å²) in [4.78, 5) is 24.8. The number of aliphatic hydroxyl groups excluding tert-OH is 1. The molecule has 0 aromatic heterocycles. The van der Waals surface area contributed by atoms with E-state index in [0.29, 0.717) is 19.6 Å². The van der Waals surface area contributed by atoms with Crippen LogP contribution >= 0.6 is 0 Å². The lowest BCUT2D eigenvalue weighted by atomic mass is 9.88. The molecule has 4 atom stereocenters. The highest BCUT2D eigenvalue weighted by atomic mass is 16.5. The Hall–Kier alpha value is -1.14. The number of rotatable bonds is 2. The third-order valence-electron chi connectivity index (χ3n) is 3.81. The maximum absolute atomic E-state index is 12.4. The Labute approximate surface area is 106 Å². The number of amides is 1. The van der Waals surface area contributed by atoms with Crippen LogP contribution < -0.4 is 0 Å². The van der Waals surface area contributed by atoms with Gasteiger partial charge in [0.05, 0.1) is 6.10 Å². The fourth-order valence-electron chi connectivity index (χ4n) is 2.75. The van der Waals surface area contributed by atoms with Crippen LogP contribution in [0.25, 0.3) is 0 Å². The third-order valence-corrected chi connectivity index (χ3v) is 3.81. The minimum atomic E-state index is -1.04. The molecule has 2 saturated heterocycles. The van der Waals surface area contributed by atoms with Crippen LogP contribution in [0, 0.1) is 11.8 Å². The summed E-state index contributed by atoms with van der Waals surface area (Å²) >= 11 is 0. The number of aliphatic carboxylic acids is 1. The van der Waals surface area contributed by atoms with Crippen molar-refractivity contribution in [3.63, 3.8) is 0 Å². The number of ether oxygens (including phenoxy) is 1. The molecule has 0 aromatic rings. The molecule has 6 nitrogen and oxygen atoms in total. The van der Waals surface area contributed by atoms with E-state index in [9.17, 15) is 14.7 Å². The van der Waals surface area contributed by atoms with Crippen molar-refractivity contribution in [2.45, 2.75) is 31.9 Å². The number of carboxylic acid groups (broad SMARTS) is 1. The molecule has 2 heterocycles. The maximum Gasteiger partial charge on any atom is 0.326 e. The highest BCUT2D eigenvalue weighted by Crippen LogP contribution is 2.28. The number of hydrogen-bond acceptors (Lipinski definition) is 4. The van der Waals surface area contributed by atoms with Gasteiger partial charge in [0.2, 0.25) is 5.91 Å². The first-order valence-electron chi connectivity index (χ1n) is 6.29. The summed E-state index contributed by atoms with van der Waals surface area (Å²) < 4.78 is 5.28. The molecular formula is C12H19NO5. The molecule has 2 fully saturated rings. The number of hydrogen-bond donors (Lipinski definition) is 2. The first-order chi connectivity index (χ1) is 8.50. The van der Waals surface area contributed by atoms with E-state index in [2.05, 4.69) is 0 Å². The molecule has 1 amide bonds. The summed E-state index contributed by atoms with van der Waals surface area (Å²) in [7, 11) is 0. The number of nitrogens with zero attached hydrogens (tertiary/aromatic N) is 1. The second-order valence-electron chi connectivity index (χ2n) is 5.18. The lowest BCUT2D eigenvalue weighted by Gasteiger charge is -2.32. The Morgan fingerprint density at radius 3 is 2.72 bits per heavy atom. The minimum Gasteiger partial charge on any atom is -0.480 e. The molecule has 0 aliphatic carbocycles. The molecule has 6 heteroatoms. The second-order valence-corrected chi connectivity index (χ2v) is 5.18. The first kappa shape index (κ1) is 13.3. The van der Waals surface area contributed by atoms with Gasteiger partial charge in [-0.1, -0.05) is 6.92 Å². The zero-order valence-electron chi connectivity index (χ0n) is 10.4. The molecule has 102 valence electrons. The second kappa shape index (κ2) is 5.24. The van der Waals surface area contributed by atoms with E-state index in [4.69, 9.17) is 9.84 Å². The van der Waals surface area contributed by atoms with E-state index in [1.807, 2.05) is 6.92 Å². The van der Waals surface area contributed by atoms with E-state index in [-0.39, 0.29) is 30.7 Å². The topological polar surface area (TPSA) is 87.1 Å². The predicted molar refractivity (Wildman–Crippen MR) is 61.9 cm³/mol. The molecule has 2 aliphatic rings. The quantitative estimate of drug-likeness (QED) is 0.709. The summed E-state index contributed by atoms with van der Waals surface area (Å²) in [6.07, 6.45) is 0.0163. The van der Waals surface area contributed by atoms with Gasteiger partial charge >= 0.3 is 5.97 Å². The molecule has 0 aromatic carbocycles. The number of likely N-dealkylation sites (tertiary alicyclic amines) is 1. The maximum atomic E-state index is 12.4. The van der Waals surface area contributed by atoms with Crippen molar-refractivity contribution in [1.29, 1.82) is 0 Å². The van der Waals surface area contributed by atoms with E-state index in [0.717, 1.165) is 0 Å². The summed E-state index contributed by atoms with van der Waals surface area (Å²) in [5, 5.41) is 18.6. The molecule has 18 heavy (non-hydrogen) atoms. The van der Waals surface area contributed by atoms with E-state index in [1.165, 1.54) is 4.90 Å². The molecule has 2 unspecified atom stereocenters. The molecule has 0 spiro atoms. The van der Waals surface area contributed by atoms with Crippen LogP contribution in [0.1, 0.15) is 19.8 Å². The standard InChI is InChI=1S/C12H19NO5/c1-7-6-18-3-2-9(7)11(15)13-5-8(14)4-10(13)12(16)17/h7-10,14H,2-6H2,1H3,(H,16,17)/t7?,8-,9?,10+/m1/s1. The van der Waals surface area contributed by atoms with Crippen molar-refractivity contribution >= 4 is 11.9 Å². The van der Waals surface area contributed by atoms with Gasteiger partial charge in [-0.3, -0.25) is 4.79 Å². The van der Waals surface area contributed by atoms with Gasteiger partial charge in [0, 0.05) is 32.1 Å². The lowest BCUT2D eigenvalue weighted by molar-refractivity contribution is -0.152. The van der Waals surface area contributed by atoms with Gasteiger partial charge in [0.1, 0.15) is 6.04 Å². The van der Waals surface area contributed by atoms with Crippen LogP contribution in [0.2, 0.25) is 0 Å². The molecule has 2 rings (SSSR count). The lowest BCUT2D eigenvalue weighted by Crippen LogP contribution is -2.47. The number of carbonyl (C=O) groups excluding carboxylic acids is 1. The summed E-state index contributed by atoms with van der Waals surface area (Å²) in [5.41, 5.74) is 0. The van der Waals surface area contributed by atoms with Crippen molar-refractivity contribution in [3.8, 4) is 0 Å². The molecule has 0 radical (unpaired) electrons. The van der Waals surface area contributed by atoms with E-state index < -0.39 is 18.1 Å². The zero-order valence-corrected chi connectivity index (χ0v) is 10.4. The van der Waals surface area contributed by atoms with Crippen molar-refractivity contribution in [1.82, 2.24) is 4.90 Å². The number of aliphatic hydroxyl groups is 1. The van der Waals surface area contributed by atoms with E-state index >= 15 is 0 Å². The van der Waals surface area contributed by atoms with Crippen molar-refractivity contribution in [3.05, 3.63) is 0 Å². The molecule has 0 bridgehead atoms. The van der Waals surface area contributed by atoms with Crippen molar-refractivity contribution < 1.29 is 24.5 Å². The van der Waals surface area contributed by atoms with Crippen LogP contribution in [-0.2, 0) is 14.3 Å². The predicted octanol–water partition coefficient (Wildman–Crippen LogP) is -0.295. The van der Waals surface area contributed by atoms with Gasteiger partial charge in [0.25, 0.3) is 0 Å². The van der Waals surface area contributed by atoms with Crippen LogP contribution in [0.4, 0.5) is 0 Å². The summed E-state index contributed by atoms with van der Waals surface area (Å²) in [6.45, 7) is 3.13. The van der Waals surface area contributed by atoms with Gasteiger partial charge in [-0.15, -0.1) is 0 Å². The van der Waals surface area contributed by atoms with Crippen LogP contribution in [0.15, 0.2) is 0 Å². The Kier molecular flexibility index (Phi) is 3.87. The Morgan fingerprint density at radius 1 is 1.39 bits per heavy atom. The van der Waals surface area contributed by atoms with Crippen molar-refractivity contribution in [2.24, 2.45) is 11.8 Å². The van der Waals surface area contributed by atoms with Gasteiger partial charge in [-0.25, -0.2) is 4.79 Å². The SMILES string of the molecule is CC1COCCC1C(=O)N1C[C@H](O)C[C@H]1C(=O)O. The Morgan fingerprint density at radius 2 is 2.11 bits per heavy atom. The van der Waals surface area contributed by atoms with E-state index in [1.54, 1.807) is 0 Å². The number of carboxylic acids is 1. The third kappa shape index (κ3) is 2.49. The van der Waals surface area contributed by atoms with Gasteiger partial charge in [-0.2, -0.15) is 0 Å². The minimum absolute atomic E-state index is 0.0958. The zero-order chi connectivity index (χ0) is 13.3. The number of carbonyl (C=O) groups is 2. The van der Waals surface area contributed by atoms with Crippen LogP contribution in [-0.4, -0.2) is 58.9 Å². The van der Waals surface area contributed by atoms with Crippen LogP contribution in [0.3, 0.4) is 0 Å². The molecule has 2 N–H and O–H groups in total. The first-order valence-corrected chi connectivity index (χ1v) is 6.29. The fourth-order valence-corrected chi connectivity index (χ4v) is 2.75. The summed E-state index contributed by atoms with van der Waals surface area (Å²) in [6, 6.07) is -0.887. The smallest absolute Gasteiger partial charge is 0.326 e. The van der Waals surface area contributed by atoms with Gasteiger partial charge in [0.15, 0.2) is 0 Å². The molecule has 2 aliphatic heterocycles. The van der Waals surface area contributed by atoms with Crippen molar-refractivity contribution in [2.75, 3.05) is 19.8 Å². The average molecular weight is 257 g/mol. The largest absolute Gasteiger partial charge is 0.480 e. The van der Waals surface area contributed by atoms with Gasteiger partial charge < -0.3 is 19.8 Å². The number of β-amino-alcohol motifs (C(OH)–C–C–N with tert-alkyl or cyclic N) is 1. The van der Waals surface area contributed by atoms with Crippen LogP contribution in [0.5, 0.6) is 0 Å². The fraction of sp³-hybridized carbons (Fsp3) is 0.833. The molecule has 0 saturated carbocycles. The normalized spacial score (nSPS) is 36.7. The van der Waals surface area contributed by atoms with Gasteiger partial charge in [-0.05, 0) is 12.3 Å². The Balaban J connectivity index is 2.09. The Bertz CT molecular complexity index is 345. The molecular weight excluding hydrogens is 238 g/mol. The summed E-state index contributed by atoms with van der Waals surface area (Å²) in [5.74, 6) is -1.29. The monoisotopic (exact) mass is 257 g/mol. The highest BCUT2D eigenvalue weighted by molar-refractivity contribution is 5.86. The highest BCUT2D eigenvalue weighted by Gasteiger charge is 2.42. The average Bonchev–Trinajstić information content (AvgIpc) is 2.71.